The fourth-order valence-electron chi connectivity index (χ4n) is 3.97. The quantitative estimate of drug-likeness (QED) is 0.490. The van der Waals surface area contributed by atoms with Crippen LogP contribution in [0, 0.1) is 0 Å². The first-order valence-corrected chi connectivity index (χ1v) is 10.1. The van der Waals surface area contributed by atoms with Crippen molar-refractivity contribution in [3.8, 4) is 11.3 Å². The zero-order chi connectivity index (χ0) is 19.9. The lowest BCUT2D eigenvalue weighted by atomic mass is 10.1. The van der Waals surface area contributed by atoms with Crippen molar-refractivity contribution < 1.29 is 0 Å². The lowest BCUT2D eigenvalue weighted by molar-refractivity contribution is 0.343. The van der Waals surface area contributed by atoms with E-state index >= 15 is 0 Å². The van der Waals surface area contributed by atoms with Gasteiger partial charge in [-0.2, -0.15) is 5.10 Å². The van der Waals surface area contributed by atoms with Gasteiger partial charge in [0, 0.05) is 30.4 Å². The Hall–Kier alpha value is -3.66. The van der Waals surface area contributed by atoms with Crippen LogP contribution in [-0.4, -0.2) is 57.2 Å². The topological polar surface area (TPSA) is 104 Å². The van der Waals surface area contributed by atoms with Gasteiger partial charge in [0.15, 0.2) is 5.65 Å². The molecule has 5 aromatic heterocycles. The number of nitrogens with zero attached hydrogens (tertiary/aromatic N) is 9. The molecule has 10 heteroatoms. The lowest BCUT2D eigenvalue weighted by Gasteiger charge is -2.22. The fraction of sp³-hybridized carbons (Fsp3) is 0.300. The van der Waals surface area contributed by atoms with Crippen molar-refractivity contribution >= 4 is 16.9 Å². The van der Waals surface area contributed by atoms with Gasteiger partial charge in [-0.25, -0.2) is 19.6 Å². The molecule has 1 aliphatic rings. The lowest BCUT2D eigenvalue weighted by Crippen LogP contribution is -2.29. The molecular weight excluding hydrogens is 380 g/mol. The summed E-state index contributed by atoms with van der Waals surface area (Å²) in [6, 6.07) is 4.46. The van der Waals surface area contributed by atoms with Gasteiger partial charge in [0.25, 0.3) is 0 Å². The van der Waals surface area contributed by atoms with E-state index in [0.717, 1.165) is 48.4 Å². The number of imidazole rings is 1. The third kappa shape index (κ3) is 3.01. The molecule has 0 radical (unpaired) electrons. The Bertz CT molecular complexity index is 1320. The molecule has 0 spiro atoms. The van der Waals surface area contributed by atoms with Crippen molar-refractivity contribution in [2.75, 3.05) is 13.1 Å². The molecule has 0 aliphatic carbocycles. The number of aromatic nitrogens is 9. The molecule has 150 valence electrons. The van der Waals surface area contributed by atoms with Crippen LogP contribution in [0.3, 0.4) is 0 Å². The highest BCUT2D eigenvalue weighted by molar-refractivity contribution is 5.69. The number of hydrogen-bond donors (Lipinski definition) is 1. The maximum atomic E-state index is 4.80. The van der Waals surface area contributed by atoms with E-state index in [1.54, 1.807) is 17.1 Å². The van der Waals surface area contributed by atoms with Gasteiger partial charge in [0.05, 0.1) is 30.7 Å². The van der Waals surface area contributed by atoms with Crippen molar-refractivity contribution in [1.82, 2.24) is 49.4 Å². The predicted octanol–water partition coefficient (Wildman–Crippen LogP) is 1.71. The van der Waals surface area contributed by atoms with E-state index in [2.05, 4.69) is 41.6 Å². The van der Waals surface area contributed by atoms with Gasteiger partial charge in [-0.05, 0) is 37.6 Å². The number of rotatable bonds is 4. The molecular formula is C20H20N10. The molecule has 0 unspecified atom stereocenters. The van der Waals surface area contributed by atoms with E-state index in [-0.39, 0.29) is 0 Å². The molecule has 6 heterocycles. The second-order valence-corrected chi connectivity index (χ2v) is 7.57. The van der Waals surface area contributed by atoms with Gasteiger partial charge in [-0.1, -0.05) is 11.3 Å². The zero-order valence-corrected chi connectivity index (χ0v) is 16.3. The standard InChI is InChI=1S/C20H20N10/c1-2-18-22-7-8-28(18)11-14(1)12-30-20-19(26-27-30)23-10-17(25-20)15-9-24-29(13-15)16-3-5-21-6-4-16/h1-2,7-11,13,16,21H,3-6,12H2. The van der Waals surface area contributed by atoms with Crippen molar-refractivity contribution in [3.63, 3.8) is 0 Å². The highest BCUT2D eigenvalue weighted by Gasteiger charge is 2.17. The highest BCUT2D eigenvalue weighted by atomic mass is 15.5. The number of fused-ring (bicyclic) bond motifs is 2. The Morgan fingerprint density at radius 3 is 2.93 bits per heavy atom. The van der Waals surface area contributed by atoms with Crippen molar-refractivity contribution in [2.45, 2.75) is 25.4 Å². The van der Waals surface area contributed by atoms with Gasteiger partial charge in [-0.15, -0.1) is 5.10 Å². The van der Waals surface area contributed by atoms with Crippen LogP contribution in [-0.2, 0) is 6.54 Å². The van der Waals surface area contributed by atoms with Crippen LogP contribution in [0.1, 0.15) is 24.4 Å². The summed E-state index contributed by atoms with van der Waals surface area (Å²) in [5.74, 6) is 0. The summed E-state index contributed by atoms with van der Waals surface area (Å²) < 4.78 is 5.82. The molecule has 30 heavy (non-hydrogen) atoms. The second kappa shape index (κ2) is 6.99. The van der Waals surface area contributed by atoms with Crippen molar-refractivity contribution in [1.29, 1.82) is 0 Å². The van der Waals surface area contributed by atoms with E-state index in [4.69, 9.17) is 4.98 Å². The normalized spacial score (nSPS) is 15.3. The molecule has 6 rings (SSSR count). The minimum Gasteiger partial charge on any atom is -0.317 e. The van der Waals surface area contributed by atoms with Crippen LogP contribution in [0.5, 0.6) is 0 Å². The monoisotopic (exact) mass is 400 g/mol. The molecule has 0 atom stereocenters. The summed E-state index contributed by atoms with van der Waals surface area (Å²) >= 11 is 0. The zero-order valence-electron chi connectivity index (χ0n) is 16.3. The first kappa shape index (κ1) is 17.2. The van der Waals surface area contributed by atoms with Gasteiger partial charge < -0.3 is 9.72 Å². The van der Waals surface area contributed by atoms with E-state index < -0.39 is 0 Å². The largest absolute Gasteiger partial charge is 0.317 e. The fourth-order valence-corrected chi connectivity index (χ4v) is 3.97. The van der Waals surface area contributed by atoms with E-state index in [0.29, 0.717) is 23.9 Å². The van der Waals surface area contributed by atoms with Gasteiger partial charge in [-0.3, -0.25) is 4.68 Å². The third-order valence-electron chi connectivity index (χ3n) is 5.59. The summed E-state index contributed by atoms with van der Waals surface area (Å²) in [4.78, 5) is 13.5. The molecule has 1 fully saturated rings. The summed E-state index contributed by atoms with van der Waals surface area (Å²) in [6.07, 6.45) is 13.6. The molecule has 1 N–H and O–H groups in total. The van der Waals surface area contributed by atoms with Crippen LogP contribution in [0.15, 0.2) is 49.3 Å². The molecule has 0 amide bonds. The van der Waals surface area contributed by atoms with Gasteiger partial charge in [0.1, 0.15) is 5.65 Å². The Kier molecular flexibility index (Phi) is 4.01. The summed E-state index contributed by atoms with van der Waals surface area (Å²) in [5, 5.41) is 16.4. The van der Waals surface area contributed by atoms with Gasteiger partial charge >= 0.3 is 0 Å². The first-order valence-electron chi connectivity index (χ1n) is 10.1. The highest BCUT2D eigenvalue weighted by Crippen LogP contribution is 2.23. The van der Waals surface area contributed by atoms with E-state index in [1.807, 2.05) is 35.1 Å². The predicted molar refractivity (Wildman–Crippen MR) is 110 cm³/mol. The molecule has 0 aromatic carbocycles. The number of pyridine rings is 1. The molecule has 1 saturated heterocycles. The van der Waals surface area contributed by atoms with Crippen molar-refractivity contribution in [3.05, 3.63) is 54.9 Å². The number of hydrogen-bond acceptors (Lipinski definition) is 7. The molecule has 10 nitrogen and oxygen atoms in total. The van der Waals surface area contributed by atoms with Crippen LogP contribution < -0.4 is 5.32 Å². The Morgan fingerprint density at radius 2 is 2.00 bits per heavy atom. The molecule has 1 aliphatic heterocycles. The van der Waals surface area contributed by atoms with Gasteiger partial charge in [0.2, 0.25) is 5.65 Å². The molecule has 5 aromatic rings. The smallest absolute Gasteiger partial charge is 0.221 e. The second-order valence-electron chi connectivity index (χ2n) is 7.57. The Balaban J connectivity index is 1.31. The van der Waals surface area contributed by atoms with Crippen molar-refractivity contribution in [2.24, 2.45) is 0 Å². The SMILES string of the molecule is c1cn2cc(Cn3nnc4ncc(-c5cnn(C6CCNCC6)c5)nc43)ccc2n1. The summed E-state index contributed by atoms with van der Waals surface area (Å²) in [7, 11) is 0. The molecule has 0 saturated carbocycles. The summed E-state index contributed by atoms with van der Waals surface area (Å²) in [5.41, 5.74) is 4.92. The van der Waals surface area contributed by atoms with Crippen LogP contribution in [0.2, 0.25) is 0 Å². The van der Waals surface area contributed by atoms with E-state index in [9.17, 15) is 0 Å². The number of piperidine rings is 1. The maximum absolute atomic E-state index is 4.80. The van der Waals surface area contributed by atoms with Crippen LogP contribution >= 0.6 is 0 Å². The Morgan fingerprint density at radius 1 is 1.07 bits per heavy atom. The third-order valence-corrected chi connectivity index (χ3v) is 5.59. The minimum absolute atomic E-state index is 0.432. The van der Waals surface area contributed by atoms with Crippen LogP contribution in [0.25, 0.3) is 28.2 Å². The average Bonchev–Trinajstić information content (AvgIpc) is 3.54. The average molecular weight is 400 g/mol. The maximum Gasteiger partial charge on any atom is 0.221 e. The van der Waals surface area contributed by atoms with E-state index in [1.165, 1.54) is 0 Å². The Labute approximate surface area is 171 Å². The molecule has 0 bridgehead atoms. The summed E-state index contributed by atoms with van der Waals surface area (Å²) in [6.45, 7) is 2.61. The minimum atomic E-state index is 0.432. The first-order chi connectivity index (χ1) is 14.8. The number of nitrogens with one attached hydrogen (secondary N) is 1. The van der Waals surface area contributed by atoms with Crippen LogP contribution in [0.4, 0.5) is 0 Å².